The molecule has 1 aliphatic heterocycles. The Bertz CT molecular complexity index is 1020. The van der Waals surface area contributed by atoms with Crippen molar-refractivity contribution in [2.24, 2.45) is 5.14 Å². The van der Waals surface area contributed by atoms with Crippen molar-refractivity contribution in [2.45, 2.75) is 30.1 Å². The molecule has 3 heterocycles. The normalized spacial score (nSPS) is 13.8. The smallest absolute Gasteiger partial charge is 0.247 e. The van der Waals surface area contributed by atoms with E-state index >= 15 is 0 Å². The topological polar surface area (TPSA) is 103 Å². The lowest BCUT2D eigenvalue weighted by Crippen LogP contribution is -2.09. The van der Waals surface area contributed by atoms with Gasteiger partial charge in [0.15, 0.2) is 5.82 Å². The number of fused-ring (bicyclic) bond motifs is 1. The highest BCUT2D eigenvalue weighted by Crippen LogP contribution is 2.26. The predicted molar refractivity (Wildman–Crippen MR) is 96.8 cm³/mol. The standard InChI is InChI=1S/C16H17N5O2S2/c17-25(22,23)15-7-6-13(24-15)10-18-12-4-1-3-11(9-12)16-20-19-14-5-2-8-21(14)16/h1,3-4,6-7,9,18H,2,5,8,10H2,(H2,17,22,23). The Hall–Kier alpha value is -2.23. The van der Waals surface area contributed by atoms with Gasteiger partial charge in [0.25, 0.3) is 0 Å². The number of nitrogens with one attached hydrogen (secondary N) is 1. The molecule has 7 nitrogen and oxygen atoms in total. The summed E-state index contributed by atoms with van der Waals surface area (Å²) in [6, 6.07) is 11.3. The molecule has 4 rings (SSSR count). The Kier molecular flexibility index (Phi) is 4.06. The van der Waals surface area contributed by atoms with Crippen LogP contribution in [0.5, 0.6) is 0 Å². The van der Waals surface area contributed by atoms with Crippen LogP contribution in [0.2, 0.25) is 0 Å². The Morgan fingerprint density at radius 3 is 2.92 bits per heavy atom. The maximum absolute atomic E-state index is 11.3. The van der Waals surface area contributed by atoms with Crippen molar-refractivity contribution >= 4 is 27.0 Å². The van der Waals surface area contributed by atoms with Crippen LogP contribution in [0.3, 0.4) is 0 Å². The van der Waals surface area contributed by atoms with Gasteiger partial charge in [0.05, 0.1) is 0 Å². The fourth-order valence-electron chi connectivity index (χ4n) is 2.93. The van der Waals surface area contributed by atoms with E-state index in [1.54, 1.807) is 6.07 Å². The zero-order valence-electron chi connectivity index (χ0n) is 13.3. The summed E-state index contributed by atoms with van der Waals surface area (Å²) < 4.78 is 25.0. The number of anilines is 1. The van der Waals surface area contributed by atoms with E-state index in [0.29, 0.717) is 6.54 Å². The summed E-state index contributed by atoms with van der Waals surface area (Å²) in [7, 11) is -3.63. The third kappa shape index (κ3) is 3.30. The monoisotopic (exact) mass is 375 g/mol. The minimum absolute atomic E-state index is 0.178. The Morgan fingerprint density at radius 1 is 1.24 bits per heavy atom. The van der Waals surface area contributed by atoms with Crippen molar-refractivity contribution in [3.63, 3.8) is 0 Å². The summed E-state index contributed by atoms with van der Waals surface area (Å²) in [4.78, 5) is 0.901. The second-order valence-corrected chi connectivity index (χ2v) is 8.85. The van der Waals surface area contributed by atoms with Gasteiger partial charge in [0, 0.05) is 35.6 Å². The molecule has 0 spiro atoms. The highest BCUT2D eigenvalue weighted by Gasteiger charge is 2.18. The van der Waals surface area contributed by atoms with E-state index in [4.69, 9.17) is 5.14 Å². The zero-order valence-corrected chi connectivity index (χ0v) is 15.0. The fraction of sp³-hybridized carbons (Fsp3) is 0.250. The van der Waals surface area contributed by atoms with Crippen molar-refractivity contribution in [3.05, 3.63) is 47.1 Å². The summed E-state index contributed by atoms with van der Waals surface area (Å²) in [5.41, 5.74) is 1.96. The molecule has 0 saturated heterocycles. The molecule has 0 amide bonds. The van der Waals surface area contributed by atoms with Gasteiger partial charge in [-0.15, -0.1) is 21.5 Å². The lowest BCUT2D eigenvalue weighted by Gasteiger charge is -2.08. The number of hydrogen-bond acceptors (Lipinski definition) is 6. The Balaban J connectivity index is 1.51. The van der Waals surface area contributed by atoms with Crippen LogP contribution in [0, 0.1) is 0 Å². The largest absolute Gasteiger partial charge is 0.380 e. The van der Waals surface area contributed by atoms with E-state index in [0.717, 1.165) is 47.2 Å². The zero-order chi connectivity index (χ0) is 17.4. The van der Waals surface area contributed by atoms with Gasteiger partial charge in [-0.05, 0) is 30.7 Å². The van der Waals surface area contributed by atoms with Crippen molar-refractivity contribution in [1.82, 2.24) is 14.8 Å². The molecule has 1 aromatic carbocycles. The molecule has 2 aromatic heterocycles. The first-order chi connectivity index (χ1) is 12.0. The minimum atomic E-state index is -3.63. The second kappa shape index (κ2) is 6.25. The van der Waals surface area contributed by atoms with Gasteiger partial charge in [0.2, 0.25) is 10.0 Å². The molecule has 0 atom stereocenters. The maximum Gasteiger partial charge on any atom is 0.247 e. The molecule has 25 heavy (non-hydrogen) atoms. The number of sulfonamides is 1. The molecule has 3 N–H and O–H groups in total. The average molecular weight is 375 g/mol. The highest BCUT2D eigenvalue weighted by atomic mass is 32.2. The first kappa shape index (κ1) is 16.2. The number of aryl methyl sites for hydroxylation is 1. The molecule has 0 unspecified atom stereocenters. The number of benzene rings is 1. The molecule has 0 fully saturated rings. The molecule has 3 aromatic rings. The number of nitrogens with zero attached hydrogens (tertiary/aromatic N) is 3. The summed E-state index contributed by atoms with van der Waals surface area (Å²) in [6.45, 7) is 1.49. The highest BCUT2D eigenvalue weighted by molar-refractivity contribution is 7.91. The van der Waals surface area contributed by atoms with Crippen LogP contribution in [-0.4, -0.2) is 23.2 Å². The lowest BCUT2D eigenvalue weighted by molar-refractivity contribution is 0.600. The molecule has 0 saturated carbocycles. The summed E-state index contributed by atoms with van der Waals surface area (Å²) in [6.07, 6.45) is 2.09. The SMILES string of the molecule is NS(=O)(=O)c1ccc(CNc2cccc(-c3nnc4n3CCC4)c2)s1. The van der Waals surface area contributed by atoms with Crippen molar-refractivity contribution in [2.75, 3.05) is 5.32 Å². The summed E-state index contributed by atoms with van der Waals surface area (Å²) >= 11 is 1.18. The van der Waals surface area contributed by atoms with E-state index in [1.807, 2.05) is 24.3 Å². The molecule has 0 radical (unpaired) electrons. The van der Waals surface area contributed by atoms with Crippen LogP contribution in [0.25, 0.3) is 11.4 Å². The van der Waals surface area contributed by atoms with E-state index in [9.17, 15) is 8.42 Å². The Labute approximate surface area is 149 Å². The molecule has 0 aliphatic carbocycles. The van der Waals surface area contributed by atoms with E-state index in [-0.39, 0.29) is 4.21 Å². The van der Waals surface area contributed by atoms with Gasteiger partial charge < -0.3 is 9.88 Å². The first-order valence-electron chi connectivity index (χ1n) is 7.88. The van der Waals surface area contributed by atoms with E-state index in [2.05, 4.69) is 20.1 Å². The lowest BCUT2D eigenvalue weighted by atomic mass is 10.2. The maximum atomic E-state index is 11.3. The van der Waals surface area contributed by atoms with Gasteiger partial charge in [-0.3, -0.25) is 0 Å². The van der Waals surface area contributed by atoms with Gasteiger partial charge >= 0.3 is 0 Å². The van der Waals surface area contributed by atoms with Gasteiger partial charge in [-0.25, -0.2) is 13.6 Å². The summed E-state index contributed by atoms with van der Waals surface area (Å²) in [5, 5.41) is 17.0. The number of nitrogens with two attached hydrogens (primary N) is 1. The summed E-state index contributed by atoms with van der Waals surface area (Å²) in [5.74, 6) is 1.94. The van der Waals surface area contributed by atoms with Gasteiger partial charge in [0.1, 0.15) is 10.0 Å². The molecule has 9 heteroatoms. The third-order valence-electron chi connectivity index (χ3n) is 4.11. The predicted octanol–water partition coefficient (Wildman–Crippen LogP) is 2.21. The second-order valence-electron chi connectivity index (χ2n) is 5.90. The van der Waals surface area contributed by atoms with Crippen LogP contribution in [-0.2, 0) is 29.5 Å². The number of hydrogen-bond donors (Lipinski definition) is 2. The minimum Gasteiger partial charge on any atom is -0.380 e. The van der Waals surface area contributed by atoms with Crippen molar-refractivity contribution in [3.8, 4) is 11.4 Å². The van der Waals surface area contributed by atoms with E-state index in [1.165, 1.54) is 17.4 Å². The van der Waals surface area contributed by atoms with Crippen molar-refractivity contribution < 1.29 is 8.42 Å². The van der Waals surface area contributed by atoms with Crippen LogP contribution < -0.4 is 10.5 Å². The quantitative estimate of drug-likeness (QED) is 0.712. The first-order valence-corrected chi connectivity index (χ1v) is 10.2. The van der Waals surface area contributed by atoms with Crippen molar-refractivity contribution in [1.29, 1.82) is 0 Å². The van der Waals surface area contributed by atoms with Crippen LogP contribution in [0.1, 0.15) is 17.1 Å². The number of aromatic nitrogens is 3. The van der Waals surface area contributed by atoms with Crippen LogP contribution in [0.15, 0.2) is 40.6 Å². The molecule has 0 bridgehead atoms. The third-order valence-corrected chi connectivity index (χ3v) is 6.64. The number of rotatable bonds is 5. The molecule has 1 aliphatic rings. The number of primary sulfonamides is 1. The van der Waals surface area contributed by atoms with E-state index < -0.39 is 10.0 Å². The number of thiophene rings is 1. The van der Waals surface area contributed by atoms with Gasteiger partial charge in [-0.1, -0.05) is 12.1 Å². The molecular formula is C16H17N5O2S2. The fourth-order valence-corrected chi connectivity index (χ4v) is 4.65. The Morgan fingerprint density at radius 2 is 2.12 bits per heavy atom. The van der Waals surface area contributed by atoms with Gasteiger partial charge in [-0.2, -0.15) is 0 Å². The molecular weight excluding hydrogens is 358 g/mol. The molecule has 130 valence electrons. The van der Waals surface area contributed by atoms with Crippen LogP contribution >= 0.6 is 11.3 Å². The average Bonchev–Trinajstić information content (AvgIpc) is 3.28. The van der Waals surface area contributed by atoms with Crippen LogP contribution in [0.4, 0.5) is 5.69 Å².